The highest BCUT2D eigenvalue weighted by Gasteiger charge is 2.71. The van der Waals surface area contributed by atoms with Crippen LogP contribution >= 0.6 is 11.6 Å². The van der Waals surface area contributed by atoms with E-state index in [2.05, 4.69) is 0 Å². The number of amides is 2. The number of imide groups is 1. The van der Waals surface area contributed by atoms with Crippen molar-refractivity contribution in [3.05, 3.63) is 34.9 Å². The van der Waals surface area contributed by atoms with Gasteiger partial charge in [-0.1, -0.05) is 30.7 Å². The molecule has 7 heteroatoms. The molecule has 0 saturated carbocycles. The maximum Gasteiger partial charge on any atom is 0.368 e. The monoisotopic (exact) mass is 379 g/mol. The van der Waals surface area contributed by atoms with Crippen LogP contribution in [0.1, 0.15) is 38.8 Å². The molecule has 0 spiro atoms. The molecule has 0 bridgehead atoms. The van der Waals surface area contributed by atoms with E-state index in [1.807, 2.05) is 24.4 Å². The molecule has 2 fully saturated rings. The lowest BCUT2D eigenvalue weighted by atomic mass is 9.78. The first-order chi connectivity index (χ1) is 12.4. The van der Waals surface area contributed by atoms with Crippen molar-refractivity contribution in [2.24, 2.45) is 11.8 Å². The van der Waals surface area contributed by atoms with E-state index in [1.165, 1.54) is 4.90 Å². The molecule has 3 rings (SSSR count). The lowest BCUT2D eigenvalue weighted by molar-refractivity contribution is -0.734. The number of carbonyl (C=O) groups excluding carboxylic acids is 3. The number of hydrogen-bond donors (Lipinski definition) is 1. The van der Waals surface area contributed by atoms with Gasteiger partial charge in [0, 0.05) is 23.6 Å². The zero-order valence-electron chi connectivity index (χ0n) is 15.2. The molecule has 2 aliphatic heterocycles. The Labute approximate surface area is 157 Å². The summed E-state index contributed by atoms with van der Waals surface area (Å²) in [6.07, 6.45) is 0.410. The zero-order chi connectivity index (χ0) is 19.1. The maximum atomic E-state index is 13.0. The highest BCUT2D eigenvalue weighted by atomic mass is 35.5. The zero-order valence-corrected chi connectivity index (χ0v) is 16.0. The molecule has 2 heterocycles. The van der Waals surface area contributed by atoms with Crippen molar-refractivity contribution in [1.82, 2.24) is 4.90 Å². The van der Waals surface area contributed by atoms with E-state index in [4.69, 9.17) is 16.3 Å². The van der Waals surface area contributed by atoms with Gasteiger partial charge in [-0.2, -0.15) is 0 Å². The highest BCUT2D eigenvalue weighted by Crippen LogP contribution is 2.45. The molecule has 0 aliphatic carbocycles. The van der Waals surface area contributed by atoms with Gasteiger partial charge in [-0.15, -0.1) is 0 Å². The van der Waals surface area contributed by atoms with E-state index in [-0.39, 0.29) is 24.5 Å². The molecule has 2 aliphatic rings. The molecule has 140 valence electrons. The minimum atomic E-state index is -1.08. The first-order valence-electron chi connectivity index (χ1n) is 9.05. The van der Waals surface area contributed by atoms with Gasteiger partial charge in [0.15, 0.2) is 0 Å². The standard InChI is InChI=1S/C19H23ClN2O4/c1-4-19(18(25)26-6-3)14-13(16(23)22(5-2)17(14)24)15(21-19)11-7-9-12(20)10-8-11/h7-10,13-15,21H,4-6H2,1-3H3/p+1/t13-,14-,15-,19-/m0/s1. The second kappa shape index (κ2) is 7.00. The van der Waals surface area contributed by atoms with Crippen molar-refractivity contribution in [2.45, 2.75) is 38.8 Å². The largest absolute Gasteiger partial charge is 0.461 e. The van der Waals surface area contributed by atoms with Crippen LogP contribution in [-0.4, -0.2) is 41.4 Å². The van der Waals surface area contributed by atoms with Crippen LogP contribution in [0.4, 0.5) is 0 Å². The number of fused-ring (bicyclic) bond motifs is 1. The van der Waals surface area contributed by atoms with Gasteiger partial charge in [0.05, 0.1) is 6.61 Å². The number of rotatable bonds is 5. The predicted molar refractivity (Wildman–Crippen MR) is 95.1 cm³/mol. The molecule has 1 aromatic rings. The molecule has 6 nitrogen and oxygen atoms in total. The Kier molecular flexibility index (Phi) is 5.08. The van der Waals surface area contributed by atoms with Gasteiger partial charge in [0.25, 0.3) is 0 Å². The Balaban J connectivity index is 2.11. The normalized spacial score (nSPS) is 30.6. The number of carbonyl (C=O) groups is 3. The summed E-state index contributed by atoms with van der Waals surface area (Å²) < 4.78 is 5.31. The van der Waals surface area contributed by atoms with Crippen LogP contribution < -0.4 is 5.32 Å². The van der Waals surface area contributed by atoms with Gasteiger partial charge in [0.1, 0.15) is 17.9 Å². The van der Waals surface area contributed by atoms with Crippen molar-refractivity contribution in [3.8, 4) is 0 Å². The van der Waals surface area contributed by atoms with Gasteiger partial charge in [-0.05, 0) is 26.0 Å². The van der Waals surface area contributed by atoms with Gasteiger partial charge in [-0.3, -0.25) is 14.5 Å². The molecule has 0 aromatic heterocycles. The number of benzene rings is 1. The minimum absolute atomic E-state index is 0.210. The Morgan fingerprint density at radius 1 is 1.19 bits per heavy atom. The lowest BCUT2D eigenvalue weighted by Crippen LogP contribution is -2.98. The van der Waals surface area contributed by atoms with Gasteiger partial charge in [-0.25, -0.2) is 4.79 Å². The molecule has 1 aromatic carbocycles. The molecule has 26 heavy (non-hydrogen) atoms. The number of nitrogens with zero attached hydrogens (tertiary/aromatic N) is 1. The smallest absolute Gasteiger partial charge is 0.368 e. The quantitative estimate of drug-likeness (QED) is 0.617. The predicted octanol–water partition coefficient (Wildman–Crippen LogP) is 1.29. The number of esters is 1. The fourth-order valence-corrected chi connectivity index (χ4v) is 4.55. The summed E-state index contributed by atoms with van der Waals surface area (Å²) in [5.41, 5.74) is -0.204. The lowest BCUT2D eigenvalue weighted by Gasteiger charge is -2.28. The van der Waals surface area contributed by atoms with Crippen LogP contribution in [0.3, 0.4) is 0 Å². The van der Waals surface area contributed by atoms with Gasteiger partial charge in [0.2, 0.25) is 17.4 Å². The SMILES string of the molecule is CCOC(=O)[C@@]1(CC)[NH2+][C@@H](c2ccc(Cl)cc2)[C@H]2C(=O)N(CC)C(=O)[C@H]21. The summed E-state index contributed by atoms with van der Waals surface area (Å²) in [4.78, 5) is 40.1. The van der Waals surface area contributed by atoms with Crippen LogP contribution in [0.25, 0.3) is 0 Å². The number of halogens is 1. The number of likely N-dealkylation sites (tertiary alicyclic amines) is 1. The average Bonchev–Trinajstić information content (AvgIpc) is 3.11. The summed E-state index contributed by atoms with van der Waals surface area (Å²) in [5, 5.41) is 2.46. The van der Waals surface area contributed by atoms with Crippen LogP contribution in [0.2, 0.25) is 5.02 Å². The van der Waals surface area contributed by atoms with Crippen LogP contribution in [0.5, 0.6) is 0 Å². The Bertz CT molecular complexity index is 736. The summed E-state index contributed by atoms with van der Waals surface area (Å²) in [6, 6.07) is 6.90. The fourth-order valence-electron chi connectivity index (χ4n) is 4.42. The molecule has 0 radical (unpaired) electrons. The van der Waals surface area contributed by atoms with E-state index in [0.717, 1.165) is 5.56 Å². The number of hydrogen-bond acceptors (Lipinski definition) is 4. The number of ether oxygens (including phenoxy) is 1. The van der Waals surface area contributed by atoms with E-state index in [0.29, 0.717) is 18.0 Å². The van der Waals surface area contributed by atoms with Crippen molar-refractivity contribution in [2.75, 3.05) is 13.2 Å². The van der Waals surface area contributed by atoms with Crippen molar-refractivity contribution >= 4 is 29.4 Å². The summed E-state index contributed by atoms with van der Waals surface area (Å²) in [7, 11) is 0. The van der Waals surface area contributed by atoms with E-state index in [9.17, 15) is 14.4 Å². The molecule has 4 atom stereocenters. The van der Waals surface area contributed by atoms with Crippen LogP contribution in [0.15, 0.2) is 24.3 Å². The Morgan fingerprint density at radius 2 is 1.85 bits per heavy atom. The summed E-state index contributed by atoms with van der Waals surface area (Å²) in [6.45, 7) is 5.92. The molecular formula is C19H24ClN2O4+. The van der Waals surface area contributed by atoms with E-state index >= 15 is 0 Å². The third-order valence-corrected chi connectivity index (χ3v) is 5.92. The molecule has 2 amide bonds. The first-order valence-corrected chi connectivity index (χ1v) is 9.43. The van der Waals surface area contributed by atoms with Crippen LogP contribution in [-0.2, 0) is 19.1 Å². The fraction of sp³-hybridized carbons (Fsp3) is 0.526. The second-order valence-corrected chi connectivity index (χ2v) is 7.22. The van der Waals surface area contributed by atoms with Crippen molar-refractivity contribution < 1.29 is 24.4 Å². The summed E-state index contributed by atoms with van der Waals surface area (Å²) >= 11 is 5.99. The third-order valence-electron chi connectivity index (χ3n) is 5.67. The van der Waals surface area contributed by atoms with Gasteiger partial charge < -0.3 is 10.1 Å². The second-order valence-electron chi connectivity index (χ2n) is 6.78. The van der Waals surface area contributed by atoms with Crippen LogP contribution in [0, 0.1) is 11.8 Å². The number of nitrogens with two attached hydrogens (primary N) is 1. The molecule has 0 unspecified atom stereocenters. The first kappa shape index (κ1) is 18.9. The maximum absolute atomic E-state index is 13.0. The van der Waals surface area contributed by atoms with Gasteiger partial charge >= 0.3 is 5.97 Å². The van der Waals surface area contributed by atoms with E-state index in [1.54, 1.807) is 26.0 Å². The highest BCUT2D eigenvalue weighted by molar-refractivity contribution is 6.30. The molecule has 2 saturated heterocycles. The van der Waals surface area contributed by atoms with E-state index < -0.39 is 23.3 Å². The summed E-state index contributed by atoms with van der Waals surface area (Å²) in [5.74, 6) is -2.19. The average molecular weight is 380 g/mol. The third kappa shape index (κ3) is 2.63. The van der Waals surface area contributed by atoms with Crippen molar-refractivity contribution in [1.29, 1.82) is 0 Å². The molecule has 2 N–H and O–H groups in total. The minimum Gasteiger partial charge on any atom is -0.461 e. The number of quaternary nitrogens is 1. The topological polar surface area (TPSA) is 80.3 Å². The Hall–Kier alpha value is -1.92. The van der Waals surface area contributed by atoms with Crippen molar-refractivity contribution in [3.63, 3.8) is 0 Å². The molecular weight excluding hydrogens is 356 g/mol. The Morgan fingerprint density at radius 3 is 2.38 bits per heavy atom.